The second-order valence-corrected chi connectivity index (χ2v) is 7.77. The SMILES string of the molecule is O=S(=O)(Nc1nc(-c2ccccc2)nc2sccc12)c1cccnc1. The van der Waals surface area contributed by atoms with Crippen LogP contribution in [0.5, 0.6) is 0 Å². The fourth-order valence-corrected chi connectivity index (χ4v) is 4.09. The van der Waals surface area contributed by atoms with Gasteiger partial charge in [0.05, 0.1) is 5.39 Å². The molecule has 6 nitrogen and oxygen atoms in total. The predicted molar refractivity (Wildman–Crippen MR) is 97.9 cm³/mol. The van der Waals surface area contributed by atoms with Crippen LogP contribution in [0.3, 0.4) is 0 Å². The van der Waals surface area contributed by atoms with E-state index in [1.54, 1.807) is 12.1 Å². The first-order chi connectivity index (χ1) is 12.1. The molecule has 124 valence electrons. The summed E-state index contributed by atoms with van der Waals surface area (Å²) in [4.78, 5) is 13.6. The van der Waals surface area contributed by atoms with E-state index in [9.17, 15) is 8.42 Å². The van der Waals surface area contributed by atoms with Gasteiger partial charge in [0.15, 0.2) is 11.6 Å². The van der Waals surface area contributed by atoms with E-state index in [0.717, 1.165) is 10.4 Å². The van der Waals surface area contributed by atoms with E-state index in [1.165, 1.54) is 29.8 Å². The number of fused-ring (bicyclic) bond motifs is 1. The number of aromatic nitrogens is 3. The van der Waals surface area contributed by atoms with Crippen LogP contribution < -0.4 is 4.72 Å². The van der Waals surface area contributed by atoms with Gasteiger partial charge in [0, 0.05) is 18.0 Å². The van der Waals surface area contributed by atoms with Gasteiger partial charge in [-0.2, -0.15) is 0 Å². The van der Waals surface area contributed by atoms with Crippen molar-refractivity contribution in [3.05, 3.63) is 66.3 Å². The molecule has 1 N–H and O–H groups in total. The normalized spacial score (nSPS) is 11.5. The number of sulfonamides is 1. The topological polar surface area (TPSA) is 84.8 Å². The first-order valence-electron chi connectivity index (χ1n) is 7.37. The predicted octanol–water partition coefficient (Wildman–Crippen LogP) is 3.55. The van der Waals surface area contributed by atoms with Crippen LogP contribution in [-0.2, 0) is 10.0 Å². The molecule has 0 aliphatic heterocycles. The van der Waals surface area contributed by atoms with Crippen LogP contribution in [0.1, 0.15) is 0 Å². The Morgan fingerprint density at radius 2 is 1.80 bits per heavy atom. The van der Waals surface area contributed by atoms with Gasteiger partial charge in [-0.1, -0.05) is 30.3 Å². The largest absolute Gasteiger partial charge is 0.264 e. The van der Waals surface area contributed by atoms with Crippen molar-refractivity contribution in [2.24, 2.45) is 0 Å². The van der Waals surface area contributed by atoms with Crippen molar-refractivity contribution < 1.29 is 8.42 Å². The van der Waals surface area contributed by atoms with E-state index in [-0.39, 0.29) is 10.7 Å². The number of rotatable bonds is 4. The Labute approximate surface area is 148 Å². The summed E-state index contributed by atoms with van der Waals surface area (Å²) < 4.78 is 27.8. The van der Waals surface area contributed by atoms with Gasteiger partial charge in [0.1, 0.15) is 9.73 Å². The van der Waals surface area contributed by atoms with Gasteiger partial charge in [-0.3, -0.25) is 9.71 Å². The highest BCUT2D eigenvalue weighted by Crippen LogP contribution is 2.29. The summed E-state index contributed by atoms with van der Waals surface area (Å²) in [5.41, 5.74) is 0.819. The molecule has 0 spiro atoms. The molecule has 0 fully saturated rings. The third kappa shape index (κ3) is 3.09. The maximum atomic E-state index is 12.6. The van der Waals surface area contributed by atoms with E-state index in [2.05, 4.69) is 19.7 Å². The van der Waals surface area contributed by atoms with Crippen LogP contribution in [0.4, 0.5) is 5.82 Å². The summed E-state index contributed by atoms with van der Waals surface area (Å²) in [5.74, 6) is 0.730. The molecule has 4 aromatic rings. The van der Waals surface area contributed by atoms with E-state index >= 15 is 0 Å². The Morgan fingerprint density at radius 3 is 2.56 bits per heavy atom. The molecule has 8 heteroatoms. The number of nitrogens with zero attached hydrogens (tertiary/aromatic N) is 3. The monoisotopic (exact) mass is 368 g/mol. The molecular weight excluding hydrogens is 356 g/mol. The summed E-state index contributed by atoms with van der Waals surface area (Å²) in [6.45, 7) is 0. The minimum atomic E-state index is -3.78. The molecule has 3 aromatic heterocycles. The van der Waals surface area contributed by atoms with E-state index in [4.69, 9.17) is 0 Å². The summed E-state index contributed by atoms with van der Waals surface area (Å²) in [5, 5.41) is 2.52. The average molecular weight is 368 g/mol. The average Bonchev–Trinajstić information content (AvgIpc) is 3.12. The van der Waals surface area contributed by atoms with Crippen molar-refractivity contribution in [2.45, 2.75) is 4.90 Å². The second-order valence-electron chi connectivity index (χ2n) is 5.20. The Bertz CT molecular complexity index is 1130. The highest BCUT2D eigenvalue weighted by Gasteiger charge is 2.18. The summed E-state index contributed by atoms with van der Waals surface area (Å²) >= 11 is 1.43. The van der Waals surface area contributed by atoms with Crippen LogP contribution in [0.2, 0.25) is 0 Å². The van der Waals surface area contributed by atoms with E-state index in [1.807, 2.05) is 35.7 Å². The molecule has 3 heterocycles. The Hall–Kier alpha value is -2.84. The van der Waals surface area contributed by atoms with Crippen molar-refractivity contribution in [3.63, 3.8) is 0 Å². The fraction of sp³-hybridized carbons (Fsp3) is 0. The van der Waals surface area contributed by atoms with Gasteiger partial charge in [-0.25, -0.2) is 18.4 Å². The van der Waals surface area contributed by atoms with Crippen LogP contribution in [0, 0.1) is 0 Å². The summed E-state index contributed by atoms with van der Waals surface area (Å²) in [6.07, 6.45) is 2.82. The lowest BCUT2D eigenvalue weighted by Gasteiger charge is -2.09. The lowest BCUT2D eigenvalue weighted by molar-refractivity contribution is 0.600. The highest BCUT2D eigenvalue weighted by atomic mass is 32.2. The Balaban J connectivity index is 1.83. The molecule has 0 bridgehead atoms. The first-order valence-corrected chi connectivity index (χ1v) is 9.73. The second kappa shape index (κ2) is 6.23. The Kier molecular flexibility index (Phi) is 3.90. The van der Waals surface area contributed by atoms with Gasteiger partial charge < -0.3 is 0 Å². The number of hydrogen-bond donors (Lipinski definition) is 1. The van der Waals surface area contributed by atoms with E-state index < -0.39 is 10.0 Å². The van der Waals surface area contributed by atoms with Crippen LogP contribution in [0.15, 0.2) is 71.2 Å². The van der Waals surface area contributed by atoms with Gasteiger partial charge in [-0.05, 0) is 23.6 Å². The minimum Gasteiger partial charge on any atom is -0.263 e. The minimum absolute atomic E-state index is 0.0817. The standard InChI is InChI=1S/C17H12N4O2S2/c22-25(23,13-7-4-9-18-11-13)21-16-14-8-10-24-17(14)20-15(19-16)12-5-2-1-3-6-12/h1-11H,(H,19,20,21). The molecule has 0 unspecified atom stereocenters. The lowest BCUT2D eigenvalue weighted by atomic mass is 10.2. The molecule has 4 rings (SSSR count). The van der Waals surface area contributed by atoms with Crippen molar-refractivity contribution >= 4 is 37.4 Å². The van der Waals surface area contributed by atoms with Crippen LogP contribution in [-0.4, -0.2) is 23.4 Å². The highest BCUT2D eigenvalue weighted by molar-refractivity contribution is 7.92. The zero-order valence-corrected chi connectivity index (χ0v) is 14.5. The van der Waals surface area contributed by atoms with Gasteiger partial charge in [-0.15, -0.1) is 11.3 Å². The third-order valence-electron chi connectivity index (χ3n) is 3.53. The number of anilines is 1. The molecule has 0 saturated heterocycles. The van der Waals surface area contributed by atoms with E-state index in [0.29, 0.717) is 11.2 Å². The molecule has 0 saturated carbocycles. The number of benzene rings is 1. The molecule has 25 heavy (non-hydrogen) atoms. The first kappa shape index (κ1) is 15.7. The maximum Gasteiger partial charge on any atom is 0.264 e. The molecule has 0 atom stereocenters. The zero-order valence-electron chi connectivity index (χ0n) is 12.8. The van der Waals surface area contributed by atoms with Gasteiger partial charge in [0.25, 0.3) is 10.0 Å². The molecule has 0 aliphatic carbocycles. The molecule has 0 radical (unpaired) electrons. The molecule has 0 aliphatic rings. The number of pyridine rings is 1. The third-order valence-corrected chi connectivity index (χ3v) is 5.66. The molecule has 0 amide bonds. The van der Waals surface area contributed by atoms with Crippen LogP contribution in [0.25, 0.3) is 21.6 Å². The Morgan fingerprint density at radius 1 is 0.960 bits per heavy atom. The number of thiophene rings is 1. The zero-order chi connectivity index (χ0) is 17.3. The number of hydrogen-bond acceptors (Lipinski definition) is 6. The van der Waals surface area contributed by atoms with Gasteiger partial charge in [0.2, 0.25) is 0 Å². The fourth-order valence-electron chi connectivity index (χ4n) is 2.34. The lowest BCUT2D eigenvalue weighted by Crippen LogP contribution is -2.14. The van der Waals surface area contributed by atoms with Gasteiger partial charge >= 0.3 is 0 Å². The van der Waals surface area contributed by atoms with Crippen molar-refractivity contribution in [2.75, 3.05) is 4.72 Å². The summed E-state index contributed by atoms with van der Waals surface area (Å²) in [7, 11) is -3.78. The maximum absolute atomic E-state index is 12.6. The molecular formula is C17H12N4O2S2. The van der Waals surface area contributed by atoms with Crippen molar-refractivity contribution in [3.8, 4) is 11.4 Å². The number of nitrogens with one attached hydrogen (secondary N) is 1. The quantitative estimate of drug-likeness (QED) is 0.595. The smallest absolute Gasteiger partial charge is 0.263 e. The van der Waals surface area contributed by atoms with Crippen LogP contribution >= 0.6 is 11.3 Å². The summed E-state index contributed by atoms with van der Waals surface area (Å²) in [6, 6.07) is 14.3. The van der Waals surface area contributed by atoms with Crippen molar-refractivity contribution in [1.82, 2.24) is 15.0 Å². The molecule has 1 aromatic carbocycles. The van der Waals surface area contributed by atoms with Crippen molar-refractivity contribution in [1.29, 1.82) is 0 Å².